The summed E-state index contributed by atoms with van der Waals surface area (Å²) in [5, 5.41) is 12.2. The largest absolute Gasteiger partial charge is 0.416 e. The molecule has 1 nitrogen and oxygen atoms in total. The van der Waals surface area contributed by atoms with Crippen LogP contribution in [0, 0.1) is 11.6 Å². The molecule has 0 spiro atoms. The molecule has 0 aromatic heterocycles. The first-order valence-electron chi connectivity index (χ1n) is 9.14. The lowest BCUT2D eigenvalue weighted by atomic mass is 9.95. The quantitative estimate of drug-likeness (QED) is 0.402. The van der Waals surface area contributed by atoms with Gasteiger partial charge in [0.15, 0.2) is 5.75 Å². The van der Waals surface area contributed by atoms with Crippen LogP contribution in [0.3, 0.4) is 0 Å². The van der Waals surface area contributed by atoms with Gasteiger partial charge in [-0.1, -0.05) is 43.3 Å². The van der Waals surface area contributed by atoms with Crippen LogP contribution in [0.2, 0.25) is 0 Å². The van der Waals surface area contributed by atoms with Crippen LogP contribution in [0.4, 0.5) is 22.0 Å². The van der Waals surface area contributed by atoms with E-state index in [1.165, 1.54) is 12.1 Å². The lowest BCUT2D eigenvalue weighted by Gasteiger charge is -2.12. The highest BCUT2D eigenvalue weighted by Gasteiger charge is 2.30. The van der Waals surface area contributed by atoms with E-state index >= 15 is 0 Å². The Bertz CT molecular complexity index is 990. The van der Waals surface area contributed by atoms with Gasteiger partial charge in [-0.15, -0.1) is 0 Å². The van der Waals surface area contributed by atoms with Gasteiger partial charge in [0.25, 0.3) is 0 Å². The molecule has 0 amide bonds. The SMILES string of the molecule is CCc1ccc(-c2c([O])cc(F)c(CCc3ccc(C(F)(F)F)cc3)c2F)cc1. The zero-order chi connectivity index (χ0) is 21.2. The molecule has 0 heterocycles. The summed E-state index contributed by atoms with van der Waals surface area (Å²) in [6, 6.07) is 12.0. The Morgan fingerprint density at radius 2 is 1.41 bits per heavy atom. The summed E-state index contributed by atoms with van der Waals surface area (Å²) >= 11 is 0. The van der Waals surface area contributed by atoms with Gasteiger partial charge in [0.2, 0.25) is 0 Å². The number of hydrogen-bond acceptors (Lipinski definition) is 0. The van der Waals surface area contributed by atoms with Gasteiger partial charge in [-0.2, -0.15) is 13.2 Å². The molecule has 151 valence electrons. The van der Waals surface area contributed by atoms with Crippen LogP contribution >= 0.6 is 0 Å². The summed E-state index contributed by atoms with van der Waals surface area (Å²) in [5.41, 5.74) is 0.659. The zero-order valence-corrected chi connectivity index (χ0v) is 15.6. The highest BCUT2D eigenvalue weighted by molar-refractivity contribution is 5.72. The molecule has 0 aliphatic rings. The second-order valence-electron chi connectivity index (χ2n) is 6.77. The third kappa shape index (κ3) is 4.58. The van der Waals surface area contributed by atoms with Crippen molar-refractivity contribution >= 4 is 0 Å². The van der Waals surface area contributed by atoms with Crippen LogP contribution in [-0.4, -0.2) is 0 Å². The van der Waals surface area contributed by atoms with E-state index in [0.29, 0.717) is 11.1 Å². The van der Waals surface area contributed by atoms with Gasteiger partial charge in [0.05, 0.1) is 11.1 Å². The van der Waals surface area contributed by atoms with Gasteiger partial charge in [-0.05, 0) is 48.1 Å². The van der Waals surface area contributed by atoms with Gasteiger partial charge in [-0.3, -0.25) is 5.11 Å². The highest BCUT2D eigenvalue weighted by Crippen LogP contribution is 2.36. The van der Waals surface area contributed by atoms with Crippen LogP contribution in [0.5, 0.6) is 5.75 Å². The molecule has 0 atom stereocenters. The van der Waals surface area contributed by atoms with Gasteiger partial charge < -0.3 is 0 Å². The Morgan fingerprint density at radius 1 is 0.828 bits per heavy atom. The molecule has 0 saturated carbocycles. The predicted molar refractivity (Wildman–Crippen MR) is 100 cm³/mol. The Morgan fingerprint density at radius 3 is 1.97 bits per heavy atom. The third-order valence-corrected chi connectivity index (χ3v) is 4.87. The van der Waals surface area contributed by atoms with Crippen molar-refractivity contribution in [2.45, 2.75) is 32.4 Å². The van der Waals surface area contributed by atoms with E-state index in [-0.39, 0.29) is 24.0 Å². The summed E-state index contributed by atoms with van der Waals surface area (Å²) in [5.74, 6) is -2.62. The van der Waals surface area contributed by atoms with Crippen molar-refractivity contribution in [1.29, 1.82) is 0 Å². The van der Waals surface area contributed by atoms with Crippen LogP contribution in [0.1, 0.15) is 29.2 Å². The lowest BCUT2D eigenvalue weighted by Crippen LogP contribution is -2.05. The molecule has 0 unspecified atom stereocenters. The number of aryl methyl sites for hydroxylation is 2. The van der Waals surface area contributed by atoms with Crippen molar-refractivity contribution in [1.82, 2.24) is 0 Å². The number of halogens is 5. The van der Waals surface area contributed by atoms with E-state index in [1.807, 2.05) is 6.92 Å². The molecule has 0 fully saturated rings. The Kier molecular flexibility index (Phi) is 5.91. The molecule has 3 aromatic carbocycles. The normalized spacial score (nSPS) is 11.7. The van der Waals surface area contributed by atoms with Crippen LogP contribution in [-0.2, 0) is 30.5 Å². The average Bonchev–Trinajstić information content (AvgIpc) is 2.67. The maximum Gasteiger partial charge on any atom is 0.416 e. The predicted octanol–water partition coefficient (Wildman–Crippen LogP) is 7.14. The minimum atomic E-state index is -4.44. The second kappa shape index (κ2) is 8.23. The highest BCUT2D eigenvalue weighted by atomic mass is 19.4. The van der Waals surface area contributed by atoms with E-state index in [4.69, 9.17) is 0 Å². The lowest BCUT2D eigenvalue weighted by molar-refractivity contribution is -0.137. The topological polar surface area (TPSA) is 19.9 Å². The van der Waals surface area contributed by atoms with Gasteiger partial charge in [0, 0.05) is 11.6 Å². The number of alkyl halides is 3. The number of hydrogen-bond donors (Lipinski definition) is 0. The van der Waals surface area contributed by atoms with E-state index in [2.05, 4.69) is 0 Å². The van der Waals surface area contributed by atoms with Crippen molar-refractivity contribution in [3.63, 3.8) is 0 Å². The molecule has 0 aliphatic carbocycles. The van der Waals surface area contributed by atoms with Crippen LogP contribution in [0.15, 0.2) is 54.6 Å². The molecule has 0 bridgehead atoms. The van der Waals surface area contributed by atoms with Crippen molar-refractivity contribution in [3.05, 3.63) is 88.5 Å². The smallest absolute Gasteiger partial charge is 0.289 e. The molecule has 0 N–H and O–H groups in total. The first-order valence-corrected chi connectivity index (χ1v) is 9.14. The molecular formula is C23H18F5O. The molecule has 6 heteroatoms. The summed E-state index contributed by atoms with van der Waals surface area (Å²) in [6.45, 7) is 1.96. The van der Waals surface area contributed by atoms with Crippen molar-refractivity contribution in [2.75, 3.05) is 0 Å². The molecular weight excluding hydrogens is 387 g/mol. The minimum Gasteiger partial charge on any atom is -0.289 e. The fraction of sp³-hybridized carbons (Fsp3) is 0.217. The Balaban J connectivity index is 1.87. The van der Waals surface area contributed by atoms with Gasteiger partial charge in [-0.25, -0.2) is 8.78 Å². The first-order chi connectivity index (χ1) is 13.7. The first kappa shape index (κ1) is 20.8. The Hall–Kier alpha value is -2.89. The number of rotatable bonds is 5. The molecule has 3 aromatic rings. The van der Waals surface area contributed by atoms with E-state index in [0.717, 1.165) is 30.2 Å². The summed E-state index contributed by atoms with van der Waals surface area (Å²) in [6.07, 6.45) is -3.60. The third-order valence-electron chi connectivity index (χ3n) is 4.87. The monoisotopic (exact) mass is 405 g/mol. The molecule has 1 radical (unpaired) electrons. The fourth-order valence-electron chi connectivity index (χ4n) is 3.17. The van der Waals surface area contributed by atoms with Crippen molar-refractivity contribution in [3.8, 4) is 16.9 Å². The summed E-state index contributed by atoms with van der Waals surface area (Å²) in [4.78, 5) is 0. The van der Waals surface area contributed by atoms with Crippen molar-refractivity contribution in [2.24, 2.45) is 0 Å². The van der Waals surface area contributed by atoms with Crippen molar-refractivity contribution < 1.29 is 27.1 Å². The van der Waals surface area contributed by atoms with E-state index < -0.39 is 29.1 Å². The molecule has 0 saturated heterocycles. The van der Waals surface area contributed by atoms with E-state index in [1.54, 1.807) is 24.3 Å². The molecule has 3 rings (SSSR count). The Labute approximate surface area is 165 Å². The fourth-order valence-corrected chi connectivity index (χ4v) is 3.17. The standard InChI is InChI=1S/C23H18F5O/c1-2-14-3-8-16(9-4-14)21-20(29)13-19(24)18(22(21)25)12-7-15-5-10-17(11-6-15)23(26,27)28/h3-6,8-11,13H,2,7,12H2,1H3. The summed E-state index contributed by atoms with van der Waals surface area (Å²) < 4.78 is 67.2. The molecule has 0 aliphatic heterocycles. The maximum atomic E-state index is 15.0. The van der Waals surface area contributed by atoms with Crippen LogP contribution in [0.25, 0.3) is 11.1 Å². The number of benzene rings is 3. The molecule has 29 heavy (non-hydrogen) atoms. The second-order valence-corrected chi connectivity index (χ2v) is 6.77. The van der Waals surface area contributed by atoms with E-state index in [9.17, 15) is 27.1 Å². The average molecular weight is 405 g/mol. The maximum absolute atomic E-state index is 15.0. The van der Waals surface area contributed by atoms with Gasteiger partial charge in [0.1, 0.15) is 11.6 Å². The zero-order valence-electron chi connectivity index (χ0n) is 15.6. The van der Waals surface area contributed by atoms with Crippen LogP contribution < -0.4 is 0 Å². The summed E-state index contributed by atoms with van der Waals surface area (Å²) in [7, 11) is 0. The van der Waals surface area contributed by atoms with Gasteiger partial charge >= 0.3 is 6.18 Å². The minimum absolute atomic E-state index is 0.0800.